The minimum Gasteiger partial charge on any atom is -0.237 e. The van der Waals surface area contributed by atoms with Crippen LogP contribution in [0.5, 0.6) is 0 Å². The van der Waals surface area contributed by atoms with Gasteiger partial charge in [0.25, 0.3) is 0 Å². The minimum absolute atomic E-state index is 0.731. The number of nitrogens with zero attached hydrogens (tertiary/aromatic N) is 2. The molecule has 0 aliphatic rings. The van der Waals surface area contributed by atoms with Crippen molar-refractivity contribution in [1.82, 2.24) is 9.97 Å². The molecule has 0 saturated carbocycles. The zero-order chi connectivity index (χ0) is 25.3. The van der Waals surface area contributed by atoms with Gasteiger partial charge in [0.2, 0.25) is 0 Å². The Kier molecular flexibility index (Phi) is 5.49. The van der Waals surface area contributed by atoms with Crippen molar-refractivity contribution >= 4 is 21.5 Å². The third kappa shape index (κ3) is 3.84. The minimum atomic E-state index is 0.731. The fourth-order valence-electron chi connectivity index (χ4n) is 5.42. The highest BCUT2D eigenvalue weighted by Crippen LogP contribution is 2.44. The molecule has 0 amide bonds. The molecule has 178 valence electrons. The monoisotopic (exact) mass is 484 g/mol. The summed E-state index contributed by atoms with van der Waals surface area (Å²) in [6, 6.07) is 49.0. The molecule has 6 aromatic carbocycles. The molecule has 0 spiro atoms. The molecule has 2 nitrogen and oxygen atoms in total. The Morgan fingerprint density at radius 3 is 1.47 bits per heavy atom. The van der Waals surface area contributed by atoms with E-state index in [4.69, 9.17) is 4.98 Å². The van der Waals surface area contributed by atoms with Gasteiger partial charge in [-0.1, -0.05) is 127 Å². The number of hydrogen-bond acceptors (Lipinski definition) is 2. The molecule has 0 fully saturated rings. The molecule has 0 bridgehead atoms. The number of hydrogen-bond donors (Lipinski definition) is 0. The van der Waals surface area contributed by atoms with Gasteiger partial charge in [0, 0.05) is 17.3 Å². The molecule has 0 aliphatic heterocycles. The maximum absolute atomic E-state index is 4.95. The van der Waals surface area contributed by atoms with Crippen LogP contribution in [0.1, 0.15) is 0 Å². The van der Waals surface area contributed by atoms with Crippen molar-refractivity contribution in [2.24, 2.45) is 0 Å². The zero-order valence-corrected chi connectivity index (χ0v) is 20.8. The van der Waals surface area contributed by atoms with Crippen molar-refractivity contribution < 1.29 is 0 Å². The van der Waals surface area contributed by atoms with Crippen LogP contribution in [0.3, 0.4) is 0 Å². The summed E-state index contributed by atoms with van der Waals surface area (Å²) in [5.41, 5.74) is 7.92. The largest absolute Gasteiger partial charge is 0.237 e. The van der Waals surface area contributed by atoms with Gasteiger partial charge >= 0.3 is 0 Å². The SMILES string of the molecule is c1ccc(-c2nccc(-c3ccc4c(-c5ccccc5)c5ccccc5c(-c5ccccc5)c4c3)n2)cc1. The van der Waals surface area contributed by atoms with E-state index in [1.165, 1.54) is 43.8 Å². The Hall–Kier alpha value is -5.08. The molecule has 0 aliphatic carbocycles. The first-order valence-electron chi connectivity index (χ1n) is 12.8. The molecule has 0 unspecified atom stereocenters. The lowest BCUT2D eigenvalue weighted by Crippen LogP contribution is -1.94. The molecule has 2 heteroatoms. The molecule has 7 rings (SSSR count). The molecule has 7 aromatic rings. The van der Waals surface area contributed by atoms with Crippen molar-refractivity contribution in [3.8, 4) is 44.9 Å². The second-order valence-electron chi connectivity index (χ2n) is 9.42. The quantitative estimate of drug-likeness (QED) is 0.233. The van der Waals surface area contributed by atoms with Gasteiger partial charge in [0.15, 0.2) is 5.82 Å². The summed E-state index contributed by atoms with van der Waals surface area (Å²) in [6.45, 7) is 0. The van der Waals surface area contributed by atoms with Gasteiger partial charge in [0.1, 0.15) is 0 Å². The lowest BCUT2D eigenvalue weighted by Gasteiger charge is -2.18. The van der Waals surface area contributed by atoms with E-state index in [-0.39, 0.29) is 0 Å². The topological polar surface area (TPSA) is 25.8 Å². The van der Waals surface area contributed by atoms with Crippen LogP contribution in [0, 0.1) is 0 Å². The highest BCUT2D eigenvalue weighted by molar-refractivity contribution is 6.21. The van der Waals surface area contributed by atoms with E-state index in [0.717, 1.165) is 22.6 Å². The van der Waals surface area contributed by atoms with Gasteiger partial charge in [-0.05, 0) is 55.9 Å². The van der Waals surface area contributed by atoms with Crippen LogP contribution < -0.4 is 0 Å². The van der Waals surface area contributed by atoms with Crippen LogP contribution >= 0.6 is 0 Å². The van der Waals surface area contributed by atoms with Crippen molar-refractivity contribution in [3.05, 3.63) is 146 Å². The van der Waals surface area contributed by atoms with E-state index < -0.39 is 0 Å². The maximum atomic E-state index is 4.95. The van der Waals surface area contributed by atoms with Gasteiger partial charge in [-0.15, -0.1) is 0 Å². The van der Waals surface area contributed by atoms with Gasteiger partial charge < -0.3 is 0 Å². The lowest BCUT2D eigenvalue weighted by molar-refractivity contribution is 1.18. The second-order valence-corrected chi connectivity index (χ2v) is 9.42. The molecule has 1 aromatic heterocycles. The van der Waals surface area contributed by atoms with E-state index in [1.807, 2.05) is 42.6 Å². The summed E-state index contributed by atoms with van der Waals surface area (Å²) in [5.74, 6) is 0.731. The van der Waals surface area contributed by atoms with Crippen LogP contribution in [0.4, 0.5) is 0 Å². The highest BCUT2D eigenvalue weighted by atomic mass is 14.9. The van der Waals surface area contributed by atoms with Gasteiger partial charge in [0.05, 0.1) is 5.69 Å². The maximum Gasteiger partial charge on any atom is 0.159 e. The third-order valence-electron chi connectivity index (χ3n) is 7.13. The van der Waals surface area contributed by atoms with E-state index in [9.17, 15) is 0 Å². The molecule has 0 atom stereocenters. The first-order chi connectivity index (χ1) is 18.9. The van der Waals surface area contributed by atoms with Crippen LogP contribution in [-0.2, 0) is 0 Å². The van der Waals surface area contributed by atoms with Crippen molar-refractivity contribution in [2.75, 3.05) is 0 Å². The molecular weight excluding hydrogens is 460 g/mol. The summed E-state index contributed by atoms with van der Waals surface area (Å²) in [6.07, 6.45) is 1.85. The smallest absolute Gasteiger partial charge is 0.159 e. The lowest BCUT2D eigenvalue weighted by atomic mass is 9.85. The first-order valence-corrected chi connectivity index (χ1v) is 12.8. The van der Waals surface area contributed by atoms with Crippen LogP contribution in [0.25, 0.3) is 66.4 Å². The predicted octanol–water partition coefficient (Wildman–Crippen LogP) is 9.45. The summed E-state index contributed by atoms with van der Waals surface area (Å²) in [5, 5.41) is 4.95. The molecule has 38 heavy (non-hydrogen) atoms. The highest BCUT2D eigenvalue weighted by Gasteiger charge is 2.17. The number of fused-ring (bicyclic) bond motifs is 2. The van der Waals surface area contributed by atoms with Crippen LogP contribution in [0.2, 0.25) is 0 Å². The Morgan fingerprint density at radius 2 is 0.868 bits per heavy atom. The fraction of sp³-hybridized carbons (Fsp3) is 0. The van der Waals surface area contributed by atoms with E-state index in [2.05, 4.69) is 108 Å². The second kappa shape index (κ2) is 9.42. The summed E-state index contributed by atoms with van der Waals surface area (Å²) < 4.78 is 0. The Labute approximate surface area is 221 Å². The van der Waals surface area contributed by atoms with Crippen molar-refractivity contribution in [2.45, 2.75) is 0 Å². The van der Waals surface area contributed by atoms with Crippen molar-refractivity contribution in [3.63, 3.8) is 0 Å². The number of benzene rings is 6. The van der Waals surface area contributed by atoms with Crippen molar-refractivity contribution in [1.29, 1.82) is 0 Å². The van der Waals surface area contributed by atoms with Gasteiger partial charge in [-0.25, -0.2) is 9.97 Å². The van der Waals surface area contributed by atoms with Gasteiger partial charge in [-0.2, -0.15) is 0 Å². The Morgan fingerprint density at radius 1 is 0.368 bits per heavy atom. The van der Waals surface area contributed by atoms with E-state index in [1.54, 1.807) is 0 Å². The third-order valence-corrected chi connectivity index (χ3v) is 7.13. The predicted molar refractivity (Wildman–Crippen MR) is 159 cm³/mol. The van der Waals surface area contributed by atoms with Crippen LogP contribution in [-0.4, -0.2) is 9.97 Å². The Balaban J connectivity index is 1.55. The zero-order valence-electron chi connectivity index (χ0n) is 20.8. The first kappa shape index (κ1) is 22.1. The summed E-state index contributed by atoms with van der Waals surface area (Å²) in [7, 11) is 0. The fourth-order valence-corrected chi connectivity index (χ4v) is 5.42. The molecule has 0 radical (unpaired) electrons. The Bertz CT molecular complexity index is 1890. The summed E-state index contributed by atoms with van der Waals surface area (Å²) >= 11 is 0. The average molecular weight is 485 g/mol. The summed E-state index contributed by atoms with van der Waals surface area (Å²) in [4.78, 5) is 9.50. The molecule has 0 N–H and O–H groups in total. The van der Waals surface area contributed by atoms with E-state index in [0.29, 0.717) is 0 Å². The number of aromatic nitrogens is 2. The van der Waals surface area contributed by atoms with E-state index >= 15 is 0 Å². The molecule has 1 heterocycles. The normalized spacial score (nSPS) is 11.2. The van der Waals surface area contributed by atoms with Gasteiger partial charge in [-0.3, -0.25) is 0 Å². The molecular formula is C36H24N2. The van der Waals surface area contributed by atoms with Crippen LogP contribution in [0.15, 0.2) is 146 Å². The average Bonchev–Trinajstić information content (AvgIpc) is 3.01. The molecule has 0 saturated heterocycles. The number of rotatable bonds is 4. The standard InChI is InChI=1S/C36H24N2/c1-4-12-25(13-5-1)34-29-18-10-11-19-30(29)35(26-14-6-2-7-15-26)32-24-28(20-21-31(32)34)33-22-23-37-36(38-33)27-16-8-3-9-17-27/h1-24H.